The van der Waals surface area contributed by atoms with Gasteiger partial charge in [-0.15, -0.1) is 11.8 Å². The lowest BCUT2D eigenvalue weighted by Gasteiger charge is -2.29. The molecule has 1 aromatic rings. The minimum atomic E-state index is -0.610. The maximum Gasteiger partial charge on any atom is 0.330 e. The minimum absolute atomic E-state index is 0.0300. The van der Waals surface area contributed by atoms with Crippen LogP contribution in [0.15, 0.2) is 24.3 Å². The molecule has 2 amide bonds. The highest BCUT2D eigenvalue weighted by atomic mass is 35.5. The van der Waals surface area contributed by atoms with E-state index in [4.69, 9.17) is 16.3 Å². The van der Waals surface area contributed by atoms with Crippen LogP contribution in [0.5, 0.6) is 0 Å². The Labute approximate surface area is 155 Å². The highest BCUT2D eigenvalue weighted by Crippen LogP contribution is 2.47. The molecule has 1 aromatic carbocycles. The third-order valence-electron chi connectivity index (χ3n) is 4.50. The molecule has 2 aliphatic heterocycles. The van der Waals surface area contributed by atoms with E-state index in [9.17, 15) is 14.4 Å². The van der Waals surface area contributed by atoms with Gasteiger partial charge >= 0.3 is 5.97 Å². The zero-order valence-electron chi connectivity index (χ0n) is 13.8. The van der Waals surface area contributed by atoms with Crippen molar-refractivity contribution in [1.29, 1.82) is 0 Å². The lowest BCUT2D eigenvalue weighted by atomic mass is 10.2. The second kappa shape index (κ2) is 7.25. The van der Waals surface area contributed by atoms with Crippen molar-refractivity contribution >= 4 is 41.1 Å². The number of hydrogen-bond acceptors (Lipinski definition) is 5. The summed E-state index contributed by atoms with van der Waals surface area (Å²) in [6, 6.07) is 6.58. The largest absolute Gasteiger partial charge is 0.454 e. The second-order valence-electron chi connectivity index (χ2n) is 6.24. The van der Waals surface area contributed by atoms with E-state index < -0.39 is 17.9 Å². The van der Waals surface area contributed by atoms with Crippen molar-refractivity contribution in [3.8, 4) is 0 Å². The number of esters is 1. The van der Waals surface area contributed by atoms with Crippen molar-refractivity contribution in [2.24, 2.45) is 0 Å². The summed E-state index contributed by atoms with van der Waals surface area (Å²) in [4.78, 5) is 37.5. The van der Waals surface area contributed by atoms with Crippen LogP contribution in [0, 0.1) is 0 Å². The van der Waals surface area contributed by atoms with Crippen LogP contribution < -0.4 is 5.32 Å². The number of ether oxygens (including phenoxy) is 1. The van der Waals surface area contributed by atoms with Gasteiger partial charge in [-0.1, -0.05) is 29.8 Å². The first-order valence-corrected chi connectivity index (χ1v) is 9.40. The molecule has 0 saturated carbocycles. The number of fused-ring (bicyclic) bond motifs is 1. The van der Waals surface area contributed by atoms with Gasteiger partial charge < -0.3 is 15.0 Å². The zero-order chi connectivity index (χ0) is 18.0. The van der Waals surface area contributed by atoms with E-state index >= 15 is 0 Å². The number of carbonyl (C=O) groups excluding carboxylic acids is 3. The van der Waals surface area contributed by atoms with Crippen LogP contribution in [0.1, 0.15) is 25.3 Å². The Morgan fingerprint density at radius 2 is 2.20 bits per heavy atom. The van der Waals surface area contributed by atoms with E-state index in [1.165, 1.54) is 0 Å². The maximum atomic E-state index is 12.3. The molecule has 8 heteroatoms. The first-order valence-electron chi connectivity index (χ1n) is 8.03. The van der Waals surface area contributed by atoms with E-state index in [1.54, 1.807) is 22.7 Å². The average Bonchev–Trinajstić information content (AvgIpc) is 3.08. The predicted octanol–water partition coefficient (Wildman–Crippen LogP) is 1.95. The molecule has 134 valence electrons. The van der Waals surface area contributed by atoms with Crippen molar-refractivity contribution in [2.75, 3.05) is 12.4 Å². The monoisotopic (exact) mass is 382 g/mol. The predicted molar refractivity (Wildman–Crippen MR) is 95.0 cm³/mol. The van der Waals surface area contributed by atoms with Gasteiger partial charge in [0.05, 0.1) is 4.87 Å². The number of amides is 2. The molecule has 6 nitrogen and oxygen atoms in total. The van der Waals surface area contributed by atoms with Crippen LogP contribution in [-0.2, 0) is 25.7 Å². The number of carbonyl (C=O) groups is 3. The van der Waals surface area contributed by atoms with Gasteiger partial charge in [0.2, 0.25) is 5.91 Å². The van der Waals surface area contributed by atoms with Crippen LogP contribution in [0.4, 0.5) is 0 Å². The standard InChI is InChI=1S/C17H19ClN2O4S/c1-17-7-6-15(22)20(17)13(10-25-17)16(23)24-9-14(21)19-8-11-4-2-3-5-12(11)18/h2-5,13H,6-10H2,1H3,(H,19,21)/t13-,17-/m1/s1. The van der Waals surface area contributed by atoms with E-state index in [1.807, 2.05) is 25.1 Å². The third kappa shape index (κ3) is 3.77. The number of nitrogens with zero attached hydrogens (tertiary/aromatic N) is 1. The van der Waals surface area contributed by atoms with Crippen LogP contribution in [0.2, 0.25) is 5.02 Å². The molecular weight excluding hydrogens is 364 g/mol. The molecule has 0 radical (unpaired) electrons. The van der Waals surface area contributed by atoms with Crippen molar-refractivity contribution in [2.45, 2.75) is 37.2 Å². The van der Waals surface area contributed by atoms with Gasteiger partial charge in [-0.2, -0.15) is 0 Å². The Bertz CT molecular complexity index is 714. The summed E-state index contributed by atoms with van der Waals surface area (Å²) in [5.41, 5.74) is 0.787. The Morgan fingerprint density at radius 1 is 1.44 bits per heavy atom. The normalized spacial score (nSPS) is 25.0. The molecule has 25 heavy (non-hydrogen) atoms. The SMILES string of the molecule is C[C@@]12CCC(=O)N1[C@@H](C(=O)OCC(=O)NCc1ccccc1Cl)CS2. The summed E-state index contributed by atoms with van der Waals surface area (Å²) in [6.07, 6.45) is 1.18. The first kappa shape index (κ1) is 18.1. The van der Waals surface area contributed by atoms with E-state index in [0.29, 0.717) is 17.2 Å². The van der Waals surface area contributed by atoms with E-state index in [2.05, 4.69) is 5.32 Å². The lowest BCUT2D eigenvalue weighted by molar-refractivity contribution is -0.156. The zero-order valence-corrected chi connectivity index (χ0v) is 15.4. The van der Waals surface area contributed by atoms with Gasteiger partial charge in [0.15, 0.2) is 6.61 Å². The summed E-state index contributed by atoms with van der Waals surface area (Å²) in [5, 5.41) is 3.23. The maximum absolute atomic E-state index is 12.3. The molecular formula is C17H19ClN2O4S. The molecule has 2 saturated heterocycles. The second-order valence-corrected chi connectivity index (χ2v) is 8.15. The molecule has 0 unspecified atom stereocenters. The molecule has 0 aliphatic carbocycles. The van der Waals surface area contributed by atoms with Crippen LogP contribution in [-0.4, -0.2) is 46.0 Å². The Hall–Kier alpha value is -1.73. The molecule has 0 spiro atoms. The number of rotatable bonds is 5. The Balaban J connectivity index is 1.48. The number of hydrogen-bond donors (Lipinski definition) is 1. The van der Waals surface area contributed by atoms with Gasteiger partial charge in [0, 0.05) is 23.7 Å². The molecule has 3 rings (SSSR count). The molecule has 0 bridgehead atoms. The highest BCUT2D eigenvalue weighted by Gasteiger charge is 2.53. The third-order valence-corrected chi connectivity index (χ3v) is 6.37. The molecule has 2 atom stereocenters. The number of nitrogens with one attached hydrogen (secondary N) is 1. The molecule has 2 fully saturated rings. The molecule has 2 heterocycles. The van der Waals surface area contributed by atoms with Crippen molar-refractivity contribution in [3.05, 3.63) is 34.9 Å². The molecule has 0 aromatic heterocycles. The van der Waals surface area contributed by atoms with Crippen LogP contribution >= 0.6 is 23.4 Å². The Kier molecular flexibility index (Phi) is 5.24. The highest BCUT2D eigenvalue weighted by molar-refractivity contribution is 8.01. The van der Waals surface area contributed by atoms with Gasteiger partial charge in [-0.25, -0.2) is 4.79 Å². The van der Waals surface area contributed by atoms with Gasteiger partial charge in [0.25, 0.3) is 5.91 Å². The van der Waals surface area contributed by atoms with E-state index in [0.717, 1.165) is 12.0 Å². The first-order chi connectivity index (χ1) is 11.9. The number of halogens is 1. The fourth-order valence-corrected chi connectivity index (χ4v) is 4.73. The van der Waals surface area contributed by atoms with Crippen molar-refractivity contribution in [1.82, 2.24) is 10.2 Å². The summed E-state index contributed by atoms with van der Waals surface area (Å²) < 4.78 is 5.12. The smallest absolute Gasteiger partial charge is 0.330 e. The van der Waals surface area contributed by atoms with Crippen LogP contribution in [0.3, 0.4) is 0 Å². The average molecular weight is 383 g/mol. The van der Waals surface area contributed by atoms with Gasteiger partial charge in [-0.05, 0) is 25.0 Å². The lowest BCUT2D eigenvalue weighted by Crippen LogP contribution is -2.47. The fourth-order valence-electron chi connectivity index (χ4n) is 3.11. The topological polar surface area (TPSA) is 75.7 Å². The quantitative estimate of drug-likeness (QED) is 0.788. The summed E-state index contributed by atoms with van der Waals surface area (Å²) >= 11 is 7.61. The van der Waals surface area contributed by atoms with Crippen molar-refractivity contribution < 1.29 is 19.1 Å². The van der Waals surface area contributed by atoms with Gasteiger partial charge in [-0.3, -0.25) is 9.59 Å². The fraction of sp³-hybridized carbons (Fsp3) is 0.471. The van der Waals surface area contributed by atoms with Gasteiger partial charge in [0.1, 0.15) is 6.04 Å². The Morgan fingerprint density at radius 3 is 2.96 bits per heavy atom. The van der Waals surface area contributed by atoms with Crippen LogP contribution in [0.25, 0.3) is 0 Å². The summed E-state index contributed by atoms with van der Waals surface area (Å²) in [7, 11) is 0. The van der Waals surface area contributed by atoms with E-state index in [-0.39, 0.29) is 23.9 Å². The number of thioether (sulfide) groups is 1. The summed E-state index contributed by atoms with van der Waals surface area (Å²) in [5.74, 6) is -0.464. The summed E-state index contributed by atoms with van der Waals surface area (Å²) in [6.45, 7) is 1.85. The van der Waals surface area contributed by atoms with Crippen molar-refractivity contribution in [3.63, 3.8) is 0 Å². The molecule has 2 aliphatic rings. The minimum Gasteiger partial charge on any atom is -0.454 e. The number of benzene rings is 1. The molecule has 1 N–H and O–H groups in total.